The summed E-state index contributed by atoms with van der Waals surface area (Å²) in [6, 6.07) is 1.28. The van der Waals surface area contributed by atoms with Gasteiger partial charge in [-0.3, -0.25) is 4.79 Å². The number of aromatic nitrogens is 2. The normalized spacial score (nSPS) is 10.2. The third-order valence-corrected chi connectivity index (χ3v) is 3.01. The molecule has 6 heteroatoms. The summed E-state index contributed by atoms with van der Waals surface area (Å²) in [5.41, 5.74) is 5.22. The topological polar surface area (TPSA) is 71.8 Å². The molecule has 0 saturated carbocycles. The highest BCUT2D eigenvalue weighted by molar-refractivity contribution is 8.02. The van der Waals surface area contributed by atoms with E-state index in [0.717, 1.165) is 11.5 Å². The number of nitrogens with zero attached hydrogens (tertiary/aromatic N) is 1. The predicted molar refractivity (Wildman–Crippen MR) is 58.4 cm³/mol. The number of aromatic amines is 1. The molecule has 0 aliphatic heterocycles. The van der Waals surface area contributed by atoms with E-state index in [9.17, 15) is 4.79 Å². The van der Waals surface area contributed by atoms with Crippen LogP contribution in [0.5, 0.6) is 0 Å². The highest BCUT2D eigenvalue weighted by Crippen LogP contribution is 2.12. The molecule has 72 valence electrons. The Hall–Kier alpha value is -0.620. The quantitative estimate of drug-likeness (QED) is 0.443. The van der Waals surface area contributed by atoms with Crippen molar-refractivity contribution in [1.29, 1.82) is 0 Å². The number of nitrogens with two attached hydrogens (primary N) is 1. The van der Waals surface area contributed by atoms with Crippen molar-refractivity contribution in [3.63, 3.8) is 0 Å². The molecule has 4 nitrogen and oxygen atoms in total. The lowest BCUT2D eigenvalue weighted by Gasteiger charge is -1.99. The van der Waals surface area contributed by atoms with Crippen LogP contribution >= 0.6 is 23.5 Å². The second-order valence-electron chi connectivity index (χ2n) is 2.32. The van der Waals surface area contributed by atoms with Crippen LogP contribution in [0.3, 0.4) is 0 Å². The van der Waals surface area contributed by atoms with Gasteiger partial charge in [0.25, 0.3) is 5.56 Å². The molecule has 1 aromatic rings. The molecule has 0 spiro atoms. The molecule has 0 aliphatic carbocycles. The fraction of sp³-hybridized carbons (Fsp3) is 0.429. The number of nitrogen functional groups attached to an aromatic ring is 1. The van der Waals surface area contributed by atoms with Crippen molar-refractivity contribution >= 4 is 29.3 Å². The van der Waals surface area contributed by atoms with Gasteiger partial charge in [-0.05, 0) is 6.26 Å². The van der Waals surface area contributed by atoms with Crippen LogP contribution in [0.1, 0.15) is 0 Å². The summed E-state index contributed by atoms with van der Waals surface area (Å²) in [5.74, 6) is 2.23. The lowest BCUT2D eigenvalue weighted by Crippen LogP contribution is -2.09. The Morgan fingerprint density at radius 1 is 1.62 bits per heavy atom. The molecule has 0 bridgehead atoms. The van der Waals surface area contributed by atoms with Gasteiger partial charge in [0.05, 0.1) is 0 Å². The third-order valence-electron chi connectivity index (χ3n) is 1.27. The number of hydrogen-bond donors (Lipinski definition) is 2. The number of H-pyrrole nitrogens is 1. The van der Waals surface area contributed by atoms with Crippen LogP contribution in [0.2, 0.25) is 0 Å². The second-order valence-corrected chi connectivity index (χ2v) is 4.39. The smallest absolute Gasteiger partial charge is 0.253 e. The van der Waals surface area contributed by atoms with Gasteiger partial charge >= 0.3 is 0 Å². The predicted octanol–water partition coefficient (Wildman–Crippen LogP) is 0.807. The van der Waals surface area contributed by atoms with Crippen molar-refractivity contribution in [2.75, 3.05) is 23.5 Å². The summed E-state index contributed by atoms with van der Waals surface area (Å²) in [6.07, 6.45) is 2.04. The van der Waals surface area contributed by atoms with Crippen molar-refractivity contribution in [3.8, 4) is 0 Å². The molecule has 13 heavy (non-hydrogen) atoms. The summed E-state index contributed by atoms with van der Waals surface area (Å²) in [5, 5.41) is 0.596. The second kappa shape index (κ2) is 5.18. The molecule has 0 saturated heterocycles. The van der Waals surface area contributed by atoms with Gasteiger partial charge in [0.1, 0.15) is 5.82 Å². The Morgan fingerprint density at radius 3 is 3.00 bits per heavy atom. The highest BCUT2D eigenvalue weighted by atomic mass is 32.2. The molecular weight excluding hydrogens is 206 g/mol. The van der Waals surface area contributed by atoms with Gasteiger partial charge in [-0.15, -0.1) is 0 Å². The van der Waals surface area contributed by atoms with Crippen molar-refractivity contribution < 1.29 is 0 Å². The molecule has 1 rings (SSSR count). The monoisotopic (exact) mass is 217 g/mol. The number of anilines is 1. The van der Waals surface area contributed by atoms with Gasteiger partial charge in [-0.1, -0.05) is 11.8 Å². The van der Waals surface area contributed by atoms with Crippen molar-refractivity contribution in [2.45, 2.75) is 5.16 Å². The molecule has 1 heterocycles. The molecule has 0 aliphatic rings. The molecule has 0 atom stereocenters. The van der Waals surface area contributed by atoms with E-state index in [1.165, 1.54) is 17.8 Å². The number of rotatable bonds is 4. The molecule has 0 fully saturated rings. The molecule has 0 amide bonds. The zero-order valence-corrected chi connectivity index (χ0v) is 8.87. The first-order valence-corrected chi connectivity index (χ1v) is 6.09. The Bertz CT molecular complexity index is 326. The minimum Gasteiger partial charge on any atom is -0.383 e. The van der Waals surface area contributed by atoms with E-state index >= 15 is 0 Å². The molecule has 0 radical (unpaired) electrons. The summed E-state index contributed by atoms with van der Waals surface area (Å²) < 4.78 is 0. The van der Waals surface area contributed by atoms with Crippen molar-refractivity contribution in [3.05, 3.63) is 16.4 Å². The molecule has 0 unspecified atom stereocenters. The van der Waals surface area contributed by atoms with E-state index in [0.29, 0.717) is 5.16 Å². The summed E-state index contributed by atoms with van der Waals surface area (Å²) in [6.45, 7) is 0. The largest absolute Gasteiger partial charge is 0.383 e. The molecular formula is C7H11N3OS2. The molecule has 3 N–H and O–H groups in total. The van der Waals surface area contributed by atoms with Gasteiger partial charge < -0.3 is 10.7 Å². The average molecular weight is 217 g/mol. The van der Waals surface area contributed by atoms with E-state index in [2.05, 4.69) is 9.97 Å². The first kappa shape index (κ1) is 10.5. The Labute approximate surface area is 84.7 Å². The maximum atomic E-state index is 10.9. The van der Waals surface area contributed by atoms with Crippen LogP contribution in [0.25, 0.3) is 0 Å². The Balaban J connectivity index is 2.61. The third kappa shape index (κ3) is 3.73. The van der Waals surface area contributed by atoms with Gasteiger partial charge in [-0.2, -0.15) is 11.8 Å². The van der Waals surface area contributed by atoms with Crippen molar-refractivity contribution in [2.24, 2.45) is 0 Å². The minimum atomic E-state index is -0.195. The van der Waals surface area contributed by atoms with Gasteiger partial charge in [0.15, 0.2) is 5.16 Å². The van der Waals surface area contributed by atoms with Crippen molar-refractivity contribution in [1.82, 2.24) is 9.97 Å². The fourth-order valence-corrected chi connectivity index (χ4v) is 2.28. The van der Waals surface area contributed by atoms with E-state index < -0.39 is 0 Å². The first-order valence-electron chi connectivity index (χ1n) is 3.71. The van der Waals surface area contributed by atoms with Crippen LogP contribution in [0, 0.1) is 0 Å². The maximum Gasteiger partial charge on any atom is 0.253 e. The van der Waals surface area contributed by atoms with E-state index in [4.69, 9.17) is 5.73 Å². The SMILES string of the molecule is CSCCSc1nc(N)cc(=O)[nH]1. The lowest BCUT2D eigenvalue weighted by atomic mass is 10.6. The molecule has 1 aromatic heterocycles. The van der Waals surface area contributed by atoms with E-state index in [1.54, 1.807) is 11.8 Å². The van der Waals surface area contributed by atoms with Gasteiger partial charge in [0.2, 0.25) is 0 Å². The van der Waals surface area contributed by atoms with Crippen LogP contribution < -0.4 is 11.3 Å². The minimum absolute atomic E-state index is 0.195. The Morgan fingerprint density at radius 2 is 2.38 bits per heavy atom. The standard InChI is InChI=1S/C7H11N3OS2/c1-12-2-3-13-7-9-5(8)4-6(11)10-7/h4H,2-3H2,1H3,(H3,8,9,10,11). The number of nitrogens with one attached hydrogen (secondary N) is 1. The highest BCUT2D eigenvalue weighted by Gasteiger charge is 1.98. The number of hydrogen-bond acceptors (Lipinski definition) is 5. The zero-order valence-electron chi connectivity index (χ0n) is 7.24. The van der Waals surface area contributed by atoms with Crippen LogP contribution in [0.4, 0.5) is 5.82 Å². The van der Waals surface area contributed by atoms with E-state index in [1.807, 2.05) is 6.26 Å². The Kier molecular flexibility index (Phi) is 4.17. The van der Waals surface area contributed by atoms with E-state index in [-0.39, 0.29) is 11.4 Å². The fourth-order valence-electron chi connectivity index (χ4n) is 0.743. The first-order chi connectivity index (χ1) is 6.22. The van der Waals surface area contributed by atoms with Crippen LogP contribution in [-0.4, -0.2) is 27.7 Å². The zero-order chi connectivity index (χ0) is 9.68. The lowest BCUT2D eigenvalue weighted by molar-refractivity contribution is 0.946. The summed E-state index contributed by atoms with van der Waals surface area (Å²) in [7, 11) is 0. The van der Waals surface area contributed by atoms with Gasteiger partial charge in [-0.25, -0.2) is 4.98 Å². The summed E-state index contributed by atoms with van der Waals surface area (Å²) in [4.78, 5) is 17.5. The van der Waals surface area contributed by atoms with Crippen LogP contribution in [-0.2, 0) is 0 Å². The molecule has 0 aromatic carbocycles. The number of thioether (sulfide) groups is 2. The van der Waals surface area contributed by atoms with Gasteiger partial charge in [0, 0.05) is 17.6 Å². The maximum absolute atomic E-state index is 10.9. The average Bonchev–Trinajstić information content (AvgIpc) is 2.03. The summed E-state index contributed by atoms with van der Waals surface area (Å²) >= 11 is 3.26. The van der Waals surface area contributed by atoms with Crippen LogP contribution in [0.15, 0.2) is 16.0 Å².